The quantitative estimate of drug-likeness (QED) is 0.599. The van der Waals surface area contributed by atoms with Gasteiger partial charge in [-0.25, -0.2) is 0 Å². The molecule has 0 saturated heterocycles. The molecule has 0 N–H and O–H groups in total. The van der Waals surface area contributed by atoms with Gasteiger partial charge in [0.2, 0.25) is 0 Å². The number of halogens is 3. The zero-order valence-electron chi connectivity index (χ0n) is 8.83. The Labute approximate surface area is 133 Å². The summed E-state index contributed by atoms with van der Waals surface area (Å²) in [5.41, 5.74) is -1.18. The third kappa shape index (κ3) is 3.11. The molecule has 1 fully saturated rings. The molecule has 0 unspecified atom stereocenters. The van der Waals surface area contributed by atoms with Crippen molar-refractivity contribution in [3.63, 3.8) is 0 Å². The van der Waals surface area contributed by atoms with Gasteiger partial charge in [-0.1, -0.05) is 5.46 Å². The van der Waals surface area contributed by atoms with E-state index in [-0.39, 0.29) is 57.9 Å². The van der Waals surface area contributed by atoms with Gasteiger partial charge in [0.05, 0.1) is 18.0 Å². The van der Waals surface area contributed by atoms with Gasteiger partial charge in [0.15, 0.2) is 0 Å². The summed E-state index contributed by atoms with van der Waals surface area (Å²) < 4.78 is 38.0. The summed E-state index contributed by atoms with van der Waals surface area (Å²) in [5, 5.41) is 12.4. The van der Waals surface area contributed by atoms with Gasteiger partial charge in [-0.15, -0.1) is 0 Å². The average molecular weight is 253 g/mol. The average Bonchev–Trinajstić information content (AvgIpc) is 2.73. The molecule has 3 nitrogen and oxygen atoms in total. The number of nitrogens with zero attached hydrogens (tertiary/aromatic N) is 3. The summed E-state index contributed by atoms with van der Waals surface area (Å²) in [6.07, 6.45) is 3.27. The van der Waals surface area contributed by atoms with Crippen molar-refractivity contribution in [1.82, 2.24) is 9.78 Å². The molecule has 0 spiro atoms. The maximum atomic E-state index is 12.3. The molecular weight excluding hydrogens is 245 g/mol. The van der Waals surface area contributed by atoms with Crippen LogP contribution >= 0.6 is 0 Å². The minimum Gasteiger partial charge on any atom is -0.445 e. The van der Waals surface area contributed by atoms with Gasteiger partial charge in [-0.3, -0.25) is 4.68 Å². The van der Waals surface area contributed by atoms with E-state index in [1.54, 1.807) is 0 Å². The van der Waals surface area contributed by atoms with E-state index in [1.165, 1.54) is 4.68 Å². The number of hydrogen-bond donors (Lipinski definition) is 0. The fourth-order valence-electron chi connectivity index (χ4n) is 1.40. The first-order chi connectivity index (χ1) is 6.95. The van der Waals surface area contributed by atoms with Crippen LogP contribution in [0.25, 0.3) is 0 Å². The van der Waals surface area contributed by atoms with E-state index < -0.39 is 17.9 Å². The Bertz CT molecular complexity index is 419. The minimum absolute atomic E-state index is 0. The number of aromatic nitrogens is 2. The zero-order valence-corrected chi connectivity index (χ0v) is 12.0. The van der Waals surface area contributed by atoms with Crippen LogP contribution in [0.4, 0.5) is 12.9 Å². The molecule has 2 rings (SSSR count). The van der Waals surface area contributed by atoms with Crippen LogP contribution < -0.4 is 56.8 Å². The van der Waals surface area contributed by atoms with Gasteiger partial charge in [-0.2, -0.15) is 10.4 Å². The van der Waals surface area contributed by atoms with Crippen LogP contribution in [0.1, 0.15) is 12.8 Å². The summed E-state index contributed by atoms with van der Waals surface area (Å²) in [6, 6.07) is 2.11. The number of hydrogen-bond acceptors (Lipinski definition) is 2. The fraction of sp³-hybridized carbons (Fsp3) is 0.500. The maximum Gasteiger partial charge on any atom is 1.00 e. The third-order valence-corrected chi connectivity index (χ3v) is 2.59. The van der Waals surface area contributed by atoms with Crippen molar-refractivity contribution in [2.24, 2.45) is 5.41 Å². The van der Waals surface area contributed by atoms with Crippen molar-refractivity contribution in [2.75, 3.05) is 0 Å². The topological polar surface area (TPSA) is 41.6 Å². The Balaban J connectivity index is 0.00000128. The van der Waals surface area contributed by atoms with Gasteiger partial charge >= 0.3 is 58.4 Å². The minimum atomic E-state index is -4.98. The molecule has 1 aromatic rings. The van der Waals surface area contributed by atoms with Crippen molar-refractivity contribution < 1.29 is 64.3 Å². The van der Waals surface area contributed by atoms with Crippen LogP contribution in [0.15, 0.2) is 12.4 Å². The van der Waals surface area contributed by atoms with Crippen molar-refractivity contribution in [2.45, 2.75) is 19.4 Å². The summed E-state index contributed by atoms with van der Waals surface area (Å²) >= 11 is 0. The Morgan fingerprint density at radius 1 is 1.50 bits per heavy atom. The van der Waals surface area contributed by atoms with Gasteiger partial charge in [0.25, 0.3) is 0 Å². The molecule has 1 aliphatic carbocycles. The summed E-state index contributed by atoms with van der Waals surface area (Å²) in [7, 11) is 0. The molecule has 0 bridgehead atoms. The van der Waals surface area contributed by atoms with Crippen molar-refractivity contribution in [3.05, 3.63) is 12.4 Å². The third-order valence-electron chi connectivity index (χ3n) is 2.59. The fourth-order valence-corrected chi connectivity index (χ4v) is 1.40. The Morgan fingerprint density at radius 3 is 2.50 bits per heavy atom. The second-order valence-corrected chi connectivity index (χ2v) is 3.94. The first kappa shape index (κ1) is 14.3. The van der Waals surface area contributed by atoms with Gasteiger partial charge in [-0.05, 0) is 19.0 Å². The van der Waals surface area contributed by atoms with Crippen LogP contribution in [0, 0.1) is 16.7 Å². The molecule has 0 atom stereocenters. The normalized spacial score (nSPS) is 17.4. The molecule has 0 amide bonds. The molecule has 1 saturated carbocycles. The molecule has 16 heavy (non-hydrogen) atoms. The Kier molecular flexibility index (Phi) is 4.29. The van der Waals surface area contributed by atoms with Crippen LogP contribution in [-0.4, -0.2) is 16.8 Å². The molecule has 1 heterocycles. The summed E-state index contributed by atoms with van der Waals surface area (Å²) in [4.78, 5) is 0. The second kappa shape index (κ2) is 4.82. The number of rotatable bonds is 3. The van der Waals surface area contributed by atoms with E-state index in [0.717, 1.165) is 25.2 Å². The van der Waals surface area contributed by atoms with Gasteiger partial charge in [0, 0.05) is 6.20 Å². The van der Waals surface area contributed by atoms with E-state index in [2.05, 4.69) is 11.2 Å². The SMILES string of the molecule is N#CC1(Cn2cc([B-](F)(F)F)cn2)CC1.[K+]. The largest absolute Gasteiger partial charge is 1.00 e. The molecule has 0 aromatic carbocycles. The van der Waals surface area contributed by atoms with Gasteiger partial charge in [0.1, 0.15) is 0 Å². The molecule has 80 valence electrons. The molecule has 0 radical (unpaired) electrons. The smallest absolute Gasteiger partial charge is 0.445 e. The molecule has 8 heteroatoms. The maximum absolute atomic E-state index is 12.3. The van der Waals surface area contributed by atoms with Crippen molar-refractivity contribution >= 4 is 12.4 Å². The van der Waals surface area contributed by atoms with E-state index in [1.807, 2.05) is 0 Å². The van der Waals surface area contributed by atoms with E-state index in [9.17, 15) is 12.9 Å². The standard InChI is InChI=1S/C8H8BF3N3.K/c10-9(11,12)7-3-14-15(4-7)6-8(5-13)1-2-8;/h3-4H,1-2,6H2;/q-1;+1. The molecule has 1 aromatic heterocycles. The molecular formula is C8H8BF3KN3. The zero-order chi connectivity index (χ0) is 11.1. The first-order valence-electron chi connectivity index (χ1n) is 4.59. The van der Waals surface area contributed by atoms with Crippen LogP contribution in [0.5, 0.6) is 0 Å². The van der Waals surface area contributed by atoms with Crippen LogP contribution in [-0.2, 0) is 6.54 Å². The first-order valence-corrected chi connectivity index (χ1v) is 4.59. The van der Waals surface area contributed by atoms with Crippen LogP contribution in [0.3, 0.4) is 0 Å². The summed E-state index contributed by atoms with van der Waals surface area (Å²) in [5.74, 6) is 0. The van der Waals surface area contributed by atoms with E-state index >= 15 is 0 Å². The summed E-state index contributed by atoms with van der Waals surface area (Å²) in [6.45, 7) is -4.72. The van der Waals surface area contributed by atoms with Crippen molar-refractivity contribution in [1.29, 1.82) is 5.26 Å². The Morgan fingerprint density at radius 2 is 2.12 bits per heavy atom. The predicted molar refractivity (Wildman–Crippen MR) is 48.2 cm³/mol. The molecule has 1 aliphatic rings. The Hall–Kier alpha value is 0.191. The second-order valence-electron chi connectivity index (χ2n) is 3.94. The number of nitriles is 1. The monoisotopic (exact) mass is 253 g/mol. The van der Waals surface area contributed by atoms with Crippen LogP contribution in [0.2, 0.25) is 0 Å². The van der Waals surface area contributed by atoms with Crippen molar-refractivity contribution in [3.8, 4) is 6.07 Å². The van der Waals surface area contributed by atoms with E-state index in [0.29, 0.717) is 0 Å². The predicted octanol–water partition coefficient (Wildman–Crippen LogP) is -1.75. The van der Waals surface area contributed by atoms with Gasteiger partial charge < -0.3 is 12.9 Å². The molecule has 0 aliphatic heterocycles. The van der Waals surface area contributed by atoms with E-state index in [4.69, 9.17) is 5.26 Å².